The van der Waals surface area contributed by atoms with E-state index in [-0.39, 0.29) is 8.85 Å². The Morgan fingerprint density at radius 3 is 1.00 bits per heavy atom. The maximum Gasteiger partial charge on any atom is 1.00 e. The smallest absolute Gasteiger partial charge is 0.418 e. The van der Waals surface area contributed by atoms with Crippen molar-refractivity contribution in [1.29, 1.82) is 0 Å². The van der Waals surface area contributed by atoms with E-state index in [9.17, 15) is 17.3 Å². The highest BCUT2D eigenvalue weighted by atomic mass is 19.5. The molecule has 0 aliphatic rings. The van der Waals surface area contributed by atoms with Crippen LogP contribution >= 0.6 is 0 Å². The van der Waals surface area contributed by atoms with Gasteiger partial charge in [0, 0.05) is 0 Å². The van der Waals surface area contributed by atoms with Crippen molar-refractivity contribution >= 4 is 7.25 Å². The molecule has 40 valence electrons. The maximum absolute atomic E-state index is 9.75. The summed E-state index contributed by atoms with van der Waals surface area (Å²) in [5.74, 6) is 0. The Morgan fingerprint density at radius 2 is 1.00 bits per heavy atom. The predicted molar refractivity (Wildman–Crippen MR) is 18.0 cm³/mol. The first kappa shape index (κ1) is 9.25. The number of rotatable bonds is 0. The third-order valence-corrected chi connectivity index (χ3v) is 0. The van der Waals surface area contributed by atoms with Crippen molar-refractivity contribution < 1.29 is 18.7 Å². The van der Waals surface area contributed by atoms with Crippen LogP contribution in [0.15, 0.2) is 0 Å². The van der Waals surface area contributed by atoms with Crippen molar-refractivity contribution in [3.8, 4) is 0 Å². The van der Waals surface area contributed by atoms with Crippen LogP contribution in [0.4, 0.5) is 17.3 Å². The van der Waals surface area contributed by atoms with E-state index in [4.69, 9.17) is 0 Å². The maximum atomic E-state index is 9.75. The van der Waals surface area contributed by atoms with Gasteiger partial charge < -0.3 is 17.3 Å². The van der Waals surface area contributed by atoms with Crippen LogP contribution in [-0.4, -0.2) is 7.25 Å². The van der Waals surface area contributed by atoms with Crippen molar-refractivity contribution in [2.24, 2.45) is 0 Å². The van der Waals surface area contributed by atoms with Crippen molar-refractivity contribution in [3.63, 3.8) is 0 Å². The summed E-state index contributed by atoms with van der Waals surface area (Å²) in [4.78, 5) is 0. The SMILES string of the molecule is C.F[B-](F)(F)F.[H+]. The van der Waals surface area contributed by atoms with Gasteiger partial charge in [-0.15, -0.1) is 0 Å². The molecule has 0 heterocycles. The van der Waals surface area contributed by atoms with Crippen LogP contribution in [0.2, 0.25) is 0 Å². The van der Waals surface area contributed by atoms with Crippen LogP contribution in [0.25, 0.3) is 0 Å². The van der Waals surface area contributed by atoms with E-state index in [0.29, 0.717) is 0 Å². The molecule has 0 bridgehead atoms. The molecule has 0 aliphatic carbocycles. The summed E-state index contributed by atoms with van der Waals surface area (Å²) in [6, 6.07) is 0. The van der Waals surface area contributed by atoms with Crippen molar-refractivity contribution in [3.05, 3.63) is 0 Å². The zero-order valence-corrected chi connectivity index (χ0v) is 2.09. The molecule has 0 saturated carbocycles. The zero-order valence-electron chi connectivity index (χ0n) is 3.09. The molecule has 0 aromatic heterocycles. The molecular formula is CH5BF4. The van der Waals surface area contributed by atoms with E-state index >= 15 is 0 Å². The Kier molecular flexibility index (Phi) is 3.16. The normalized spacial score (nSPS) is 10.0. The van der Waals surface area contributed by atoms with Crippen LogP contribution in [0.5, 0.6) is 0 Å². The van der Waals surface area contributed by atoms with Gasteiger partial charge in [0.05, 0.1) is 0 Å². The minimum atomic E-state index is -6.00. The molecule has 0 unspecified atom stereocenters. The quantitative estimate of drug-likeness (QED) is 0.325. The summed E-state index contributed by atoms with van der Waals surface area (Å²) < 4.78 is 39.0. The van der Waals surface area contributed by atoms with E-state index in [2.05, 4.69) is 0 Å². The number of hydrogen-bond donors (Lipinski definition) is 0. The molecule has 0 aromatic carbocycles. The summed E-state index contributed by atoms with van der Waals surface area (Å²) in [5, 5.41) is 0. The molecule has 0 radical (unpaired) electrons. The van der Waals surface area contributed by atoms with Crippen molar-refractivity contribution in [1.82, 2.24) is 0 Å². The lowest BCUT2D eigenvalue weighted by Gasteiger charge is -1.94. The molecule has 0 amide bonds. The minimum absolute atomic E-state index is 0. The second-order valence-electron chi connectivity index (χ2n) is 0.495. The Morgan fingerprint density at radius 1 is 1.00 bits per heavy atom. The highest BCUT2D eigenvalue weighted by Gasteiger charge is 2.20. The average molecular weight is 104 g/mol. The fourth-order valence-electron chi connectivity index (χ4n) is 0. The van der Waals surface area contributed by atoms with Gasteiger partial charge in [-0.25, -0.2) is 0 Å². The molecule has 0 aromatic rings. The Labute approximate surface area is 34.7 Å². The van der Waals surface area contributed by atoms with Crippen LogP contribution in [0.3, 0.4) is 0 Å². The van der Waals surface area contributed by atoms with Gasteiger partial charge in [-0.2, -0.15) is 0 Å². The number of hydrogen-bond acceptors (Lipinski definition) is 0. The lowest BCUT2D eigenvalue weighted by atomic mass is 10.3. The summed E-state index contributed by atoms with van der Waals surface area (Å²) in [7, 11) is -6.00. The van der Waals surface area contributed by atoms with Gasteiger partial charge in [0.2, 0.25) is 0 Å². The lowest BCUT2D eigenvalue weighted by molar-refractivity contribution is 0.368. The highest BCUT2D eigenvalue weighted by molar-refractivity contribution is 6.50. The Bertz CT molecular complexity index is 27.2. The third-order valence-electron chi connectivity index (χ3n) is 0. The topological polar surface area (TPSA) is 0 Å². The first-order valence-corrected chi connectivity index (χ1v) is 0.873. The van der Waals surface area contributed by atoms with E-state index in [0.717, 1.165) is 0 Å². The lowest BCUT2D eigenvalue weighted by Crippen LogP contribution is -2.02. The Balaban J connectivity index is -0.0000000800. The van der Waals surface area contributed by atoms with Crippen LogP contribution in [0, 0.1) is 0 Å². The summed E-state index contributed by atoms with van der Waals surface area (Å²) in [5.41, 5.74) is 0. The first-order valence-electron chi connectivity index (χ1n) is 0.873. The molecule has 5 heteroatoms. The van der Waals surface area contributed by atoms with Gasteiger partial charge in [0.1, 0.15) is 0 Å². The van der Waals surface area contributed by atoms with Crippen molar-refractivity contribution in [2.75, 3.05) is 0 Å². The molecule has 0 rings (SSSR count). The Hall–Kier alpha value is -0.215. The second-order valence-corrected chi connectivity index (χ2v) is 0.495. The molecule has 6 heavy (non-hydrogen) atoms. The zero-order chi connectivity index (χ0) is 4.50. The van der Waals surface area contributed by atoms with Crippen LogP contribution < -0.4 is 0 Å². The van der Waals surface area contributed by atoms with Gasteiger partial charge in [0.15, 0.2) is 0 Å². The van der Waals surface area contributed by atoms with Gasteiger partial charge in [-0.1, -0.05) is 7.43 Å². The minimum Gasteiger partial charge on any atom is -0.418 e. The van der Waals surface area contributed by atoms with Crippen LogP contribution in [0.1, 0.15) is 8.85 Å². The fraction of sp³-hybridized carbons (Fsp3) is 1.00. The summed E-state index contributed by atoms with van der Waals surface area (Å²) in [6.45, 7) is 0. The molecule has 0 atom stereocenters. The van der Waals surface area contributed by atoms with E-state index in [1.54, 1.807) is 0 Å². The molecule has 0 N–H and O–H groups in total. The molecular weight excluding hydrogens is 98.8 g/mol. The standard InChI is InChI=1S/CH4.BF4/c;2-1(3,4)5/h1H4;/q;-1/p+1. The molecule has 0 nitrogen and oxygen atoms in total. The largest absolute Gasteiger partial charge is 1.00 e. The number of halogens is 4. The summed E-state index contributed by atoms with van der Waals surface area (Å²) in [6.07, 6.45) is 0. The summed E-state index contributed by atoms with van der Waals surface area (Å²) >= 11 is 0. The monoisotopic (exact) mass is 104 g/mol. The molecule has 0 aliphatic heterocycles. The van der Waals surface area contributed by atoms with Crippen molar-refractivity contribution in [2.45, 2.75) is 7.43 Å². The van der Waals surface area contributed by atoms with Gasteiger partial charge in [-0.3, -0.25) is 0 Å². The molecule has 0 spiro atoms. The van der Waals surface area contributed by atoms with E-state index in [1.807, 2.05) is 0 Å². The third kappa shape index (κ3) is 635. The molecule has 0 fully saturated rings. The van der Waals surface area contributed by atoms with Gasteiger partial charge in [-0.05, 0) is 0 Å². The predicted octanol–water partition coefficient (Wildman–Crippen LogP) is 2.05. The van der Waals surface area contributed by atoms with Gasteiger partial charge >= 0.3 is 8.68 Å². The van der Waals surface area contributed by atoms with E-state index < -0.39 is 7.25 Å². The highest BCUT2D eigenvalue weighted by Crippen LogP contribution is 2.06. The first-order chi connectivity index (χ1) is 2.00. The average Bonchev–Trinajstić information content (AvgIpc) is 0.722. The van der Waals surface area contributed by atoms with E-state index in [1.165, 1.54) is 0 Å². The fourth-order valence-corrected chi connectivity index (χ4v) is 0. The molecule has 0 saturated heterocycles. The second kappa shape index (κ2) is 2.05. The van der Waals surface area contributed by atoms with Gasteiger partial charge in [0.25, 0.3) is 0 Å². The van der Waals surface area contributed by atoms with Crippen LogP contribution in [-0.2, 0) is 0 Å².